The third kappa shape index (κ3) is 3.06. The number of halogens is 1. The fourth-order valence-electron chi connectivity index (χ4n) is 1.91. The van der Waals surface area contributed by atoms with Crippen molar-refractivity contribution in [3.05, 3.63) is 17.5 Å². The fraction of sp³-hybridized carbons (Fsp3) is 0.545. The Balaban J connectivity index is 1.96. The summed E-state index contributed by atoms with van der Waals surface area (Å²) in [6.45, 7) is 3.53. The molecule has 1 aliphatic heterocycles. The van der Waals surface area contributed by atoms with Crippen LogP contribution in [0.15, 0.2) is 12.4 Å². The van der Waals surface area contributed by atoms with E-state index in [4.69, 9.17) is 11.6 Å². The Bertz CT molecular complexity index is 406. The zero-order chi connectivity index (χ0) is 12.3. The molecule has 2 rings (SSSR count). The van der Waals surface area contributed by atoms with Gasteiger partial charge in [0.1, 0.15) is 17.0 Å². The lowest BCUT2D eigenvalue weighted by atomic mass is 10.3. The van der Waals surface area contributed by atoms with Gasteiger partial charge in [0, 0.05) is 13.1 Å². The molecule has 1 atom stereocenters. The lowest BCUT2D eigenvalue weighted by molar-refractivity contribution is -0.130. The van der Waals surface area contributed by atoms with E-state index < -0.39 is 0 Å². The minimum absolute atomic E-state index is 0.101. The molecule has 0 aromatic carbocycles. The number of likely N-dealkylation sites (tertiary alicyclic amines) is 1. The smallest absolute Gasteiger partial charge is 0.244 e. The molecule has 5 nitrogen and oxygen atoms in total. The minimum Gasteiger partial charge on any atom is -0.357 e. The van der Waals surface area contributed by atoms with Crippen molar-refractivity contribution in [2.24, 2.45) is 0 Å². The molecule has 0 saturated carbocycles. The summed E-state index contributed by atoms with van der Waals surface area (Å²) in [6.07, 6.45) is 5.20. The highest BCUT2D eigenvalue weighted by Crippen LogP contribution is 2.12. The minimum atomic E-state index is -0.305. The molecule has 0 bridgehead atoms. The van der Waals surface area contributed by atoms with E-state index in [0.29, 0.717) is 11.0 Å². The summed E-state index contributed by atoms with van der Waals surface area (Å²) in [5.74, 6) is 0.627. The Labute approximate surface area is 105 Å². The molecule has 1 saturated heterocycles. The summed E-state index contributed by atoms with van der Waals surface area (Å²) in [4.78, 5) is 21.8. The number of nitrogens with zero attached hydrogens (tertiary/aromatic N) is 3. The molecular weight excluding hydrogens is 240 g/mol. The number of aromatic nitrogens is 2. The zero-order valence-corrected chi connectivity index (χ0v) is 10.4. The van der Waals surface area contributed by atoms with E-state index >= 15 is 0 Å². The summed E-state index contributed by atoms with van der Waals surface area (Å²) >= 11 is 5.73. The fourth-order valence-corrected chi connectivity index (χ4v) is 2.05. The van der Waals surface area contributed by atoms with E-state index in [9.17, 15) is 4.79 Å². The van der Waals surface area contributed by atoms with Crippen LogP contribution < -0.4 is 5.32 Å². The normalized spacial score (nSPS) is 16.9. The van der Waals surface area contributed by atoms with Crippen LogP contribution >= 0.6 is 11.6 Å². The summed E-state index contributed by atoms with van der Waals surface area (Å²) in [6, 6.07) is -0.305. The average Bonchev–Trinajstić information content (AvgIpc) is 2.81. The van der Waals surface area contributed by atoms with Crippen LogP contribution in [0.5, 0.6) is 0 Å². The predicted octanol–water partition coefficient (Wildman–Crippen LogP) is 1.55. The molecule has 1 fully saturated rings. The predicted molar refractivity (Wildman–Crippen MR) is 65.9 cm³/mol. The summed E-state index contributed by atoms with van der Waals surface area (Å²) in [5, 5.41) is 3.33. The lowest BCUT2D eigenvalue weighted by Crippen LogP contribution is -2.39. The second-order valence-electron chi connectivity index (χ2n) is 4.13. The molecule has 1 N–H and O–H groups in total. The molecule has 92 valence electrons. The molecular formula is C11H15ClN4O. The maximum Gasteiger partial charge on any atom is 0.244 e. The summed E-state index contributed by atoms with van der Waals surface area (Å²) < 4.78 is 0. The summed E-state index contributed by atoms with van der Waals surface area (Å²) in [7, 11) is 0. The van der Waals surface area contributed by atoms with Gasteiger partial charge in [-0.05, 0) is 19.8 Å². The number of hydrogen-bond acceptors (Lipinski definition) is 4. The first-order valence-corrected chi connectivity index (χ1v) is 6.07. The first-order chi connectivity index (χ1) is 8.16. The molecule has 6 heteroatoms. The van der Waals surface area contributed by atoms with Crippen molar-refractivity contribution in [3.63, 3.8) is 0 Å². The Kier molecular flexibility index (Phi) is 3.78. The molecule has 1 amide bonds. The highest BCUT2D eigenvalue weighted by Gasteiger charge is 2.23. The molecule has 1 aromatic heterocycles. The van der Waals surface area contributed by atoms with E-state index in [1.54, 1.807) is 6.20 Å². The molecule has 1 aliphatic rings. The Morgan fingerprint density at radius 1 is 1.47 bits per heavy atom. The molecule has 2 heterocycles. The SMILES string of the molecule is CC(Nc1cncc(Cl)n1)C(=O)N1CCCC1. The van der Waals surface area contributed by atoms with Crippen molar-refractivity contribution < 1.29 is 4.79 Å². The maximum absolute atomic E-state index is 12.0. The zero-order valence-electron chi connectivity index (χ0n) is 9.69. The summed E-state index contributed by atoms with van der Waals surface area (Å²) in [5.41, 5.74) is 0. The van der Waals surface area contributed by atoms with Crippen molar-refractivity contribution in [1.29, 1.82) is 0 Å². The van der Waals surface area contributed by atoms with Gasteiger partial charge in [-0.1, -0.05) is 11.6 Å². The number of amides is 1. The second kappa shape index (κ2) is 5.31. The molecule has 0 aliphatic carbocycles. The van der Waals surface area contributed by atoms with Gasteiger partial charge >= 0.3 is 0 Å². The van der Waals surface area contributed by atoms with E-state index in [1.807, 2.05) is 11.8 Å². The average molecular weight is 255 g/mol. The van der Waals surface area contributed by atoms with Crippen molar-refractivity contribution in [2.75, 3.05) is 18.4 Å². The van der Waals surface area contributed by atoms with Crippen LogP contribution in [0, 0.1) is 0 Å². The van der Waals surface area contributed by atoms with E-state index in [1.165, 1.54) is 6.20 Å². The second-order valence-corrected chi connectivity index (χ2v) is 4.51. The van der Waals surface area contributed by atoms with Crippen molar-refractivity contribution >= 4 is 23.3 Å². The van der Waals surface area contributed by atoms with Crippen LogP contribution in [0.2, 0.25) is 5.15 Å². The molecule has 17 heavy (non-hydrogen) atoms. The lowest BCUT2D eigenvalue weighted by Gasteiger charge is -2.21. The van der Waals surface area contributed by atoms with Gasteiger partial charge in [0.05, 0.1) is 12.4 Å². The van der Waals surface area contributed by atoms with Crippen LogP contribution in [-0.2, 0) is 4.79 Å². The van der Waals surface area contributed by atoms with E-state index in [-0.39, 0.29) is 11.9 Å². The Morgan fingerprint density at radius 2 is 2.18 bits per heavy atom. The van der Waals surface area contributed by atoms with Gasteiger partial charge in [-0.3, -0.25) is 9.78 Å². The van der Waals surface area contributed by atoms with Crippen molar-refractivity contribution in [3.8, 4) is 0 Å². The monoisotopic (exact) mass is 254 g/mol. The van der Waals surface area contributed by atoms with Gasteiger partial charge in [-0.25, -0.2) is 4.98 Å². The number of nitrogens with one attached hydrogen (secondary N) is 1. The largest absolute Gasteiger partial charge is 0.357 e. The number of hydrogen-bond donors (Lipinski definition) is 1. The van der Waals surface area contributed by atoms with Gasteiger partial charge in [0.15, 0.2) is 0 Å². The Morgan fingerprint density at radius 3 is 2.82 bits per heavy atom. The Hall–Kier alpha value is -1.36. The molecule has 1 aromatic rings. The van der Waals surface area contributed by atoms with E-state index in [0.717, 1.165) is 25.9 Å². The number of carbonyl (C=O) groups is 1. The standard InChI is InChI=1S/C11H15ClN4O/c1-8(11(17)16-4-2-3-5-16)14-10-7-13-6-9(12)15-10/h6-8H,2-5H2,1H3,(H,14,15). The number of carbonyl (C=O) groups excluding carboxylic acids is 1. The van der Waals surface area contributed by atoms with Crippen molar-refractivity contribution in [2.45, 2.75) is 25.8 Å². The highest BCUT2D eigenvalue weighted by atomic mass is 35.5. The van der Waals surface area contributed by atoms with Gasteiger partial charge in [0.2, 0.25) is 5.91 Å². The van der Waals surface area contributed by atoms with Gasteiger partial charge < -0.3 is 10.2 Å². The molecule has 0 spiro atoms. The topological polar surface area (TPSA) is 58.1 Å². The van der Waals surface area contributed by atoms with Crippen LogP contribution in [0.1, 0.15) is 19.8 Å². The number of anilines is 1. The van der Waals surface area contributed by atoms with Crippen LogP contribution in [0.4, 0.5) is 5.82 Å². The van der Waals surface area contributed by atoms with Crippen molar-refractivity contribution in [1.82, 2.24) is 14.9 Å². The third-order valence-corrected chi connectivity index (χ3v) is 2.94. The van der Waals surface area contributed by atoms with E-state index in [2.05, 4.69) is 15.3 Å². The van der Waals surface area contributed by atoms with Gasteiger partial charge in [0.25, 0.3) is 0 Å². The van der Waals surface area contributed by atoms with Gasteiger partial charge in [-0.15, -0.1) is 0 Å². The quantitative estimate of drug-likeness (QED) is 0.889. The molecule has 1 unspecified atom stereocenters. The maximum atomic E-state index is 12.0. The molecule has 0 radical (unpaired) electrons. The van der Waals surface area contributed by atoms with Crippen LogP contribution in [0.25, 0.3) is 0 Å². The first-order valence-electron chi connectivity index (χ1n) is 5.69. The third-order valence-electron chi connectivity index (χ3n) is 2.76. The van der Waals surface area contributed by atoms with Gasteiger partial charge in [-0.2, -0.15) is 0 Å². The van der Waals surface area contributed by atoms with Crippen LogP contribution in [0.3, 0.4) is 0 Å². The van der Waals surface area contributed by atoms with Crippen LogP contribution in [-0.4, -0.2) is 39.9 Å². The number of rotatable bonds is 3. The highest BCUT2D eigenvalue weighted by molar-refractivity contribution is 6.29. The first kappa shape index (κ1) is 12.1.